The van der Waals surface area contributed by atoms with Crippen molar-refractivity contribution in [1.29, 1.82) is 0 Å². The first-order valence-electron chi connectivity index (χ1n) is 11.4. The van der Waals surface area contributed by atoms with Gasteiger partial charge in [0.25, 0.3) is 5.91 Å². The van der Waals surface area contributed by atoms with Crippen LogP contribution in [0.1, 0.15) is 36.4 Å². The van der Waals surface area contributed by atoms with Gasteiger partial charge < -0.3 is 20.1 Å². The summed E-state index contributed by atoms with van der Waals surface area (Å²) in [6, 6.07) is 11.2. The Bertz CT molecular complexity index is 985. The highest BCUT2D eigenvalue weighted by Crippen LogP contribution is 2.46. The van der Waals surface area contributed by atoms with Gasteiger partial charge in [-0.05, 0) is 66.9 Å². The maximum absolute atomic E-state index is 14.7. The Morgan fingerprint density at radius 3 is 2.38 bits per heavy atom. The Labute approximate surface area is 202 Å². The first kappa shape index (κ1) is 26.2. The molecule has 1 aliphatic rings. The SMILES string of the molecule is COCc1ccc([C@@H](NC(=O)CC2CCOCC2)C(=O)Nc2ccc(S(C)(C)C)c(F)c2)cc1. The van der Waals surface area contributed by atoms with Gasteiger partial charge in [0.2, 0.25) is 5.91 Å². The Morgan fingerprint density at radius 2 is 1.79 bits per heavy atom. The van der Waals surface area contributed by atoms with Crippen LogP contribution in [-0.2, 0) is 25.7 Å². The summed E-state index contributed by atoms with van der Waals surface area (Å²) in [7, 11) is 0.376. The molecule has 0 bridgehead atoms. The summed E-state index contributed by atoms with van der Waals surface area (Å²) in [6.45, 7) is 1.76. The topological polar surface area (TPSA) is 76.7 Å². The monoisotopic (exact) mass is 490 g/mol. The van der Waals surface area contributed by atoms with Gasteiger partial charge >= 0.3 is 0 Å². The fourth-order valence-electron chi connectivity index (χ4n) is 4.00. The summed E-state index contributed by atoms with van der Waals surface area (Å²) in [4.78, 5) is 26.7. The minimum Gasteiger partial charge on any atom is -0.381 e. The second kappa shape index (κ2) is 11.8. The molecule has 0 saturated carbocycles. The molecular formula is C26H35FN2O4S. The Balaban J connectivity index is 1.78. The number of carbonyl (C=O) groups excluding carboxylic acids is 2. The quantitative estimate of drug-likeness (QED) is 0.537. The molecule has 2 aromatic rings. The average Bonchev–Trinajstić information content (AvgIpc) is 2.78. The van der Waals surface area contributed by atoms with E-state index < -0.39 is 22.0 Å². The van der Waals surface area contributed by atoms with E-state index in [9.17, 15) is 14.0 Å². The zero-order chi connectivity index (χ0) is 24.7. The van der Waals surface area contributed by atoms with Crippen LogP contribution in [-0.4, -0.2) is 50.9 Å². The van der Waals surface area contributed by atoms with Crippen molar-refractivity contribution in [3.63, 3.8) is 0 Å². The summed E-state index contributed by atoms with van der Waals surface area (Å²) < 4.78 is 25.2. The van der Waals surface area contributed by atoms with E-state index in [1.54, 1.807) is 31.4 Å². The molecule has 1 saturated heterocycles. The van der Waals surface area contributed by atoms with Crippen molar-refractivity contribution in [2.45, 2.75) is 36.8 Å². The summed E-state index contributed by atoms with van der Waals surface area (Å²) in [6.07, 6.45) is 8.05. The van der Waals surface area contributed by atoms with Crippen LogP contribution in [0.3, 0.4) is 0 Å². The van der Waals surface area contributed by atoms with Crippen molar-refractivity contribution in [3.05, 3.63) is 59.4 Å². The number of hydrogen-bond donors (Lipinski definition) is 2. The Morgan fingerprint density at radius 1 is 1.12 bits per heavy atom. The number of amides is 2. The minimum atomic E-state index is -1.24. The van der Waals surface area contributed by atoms with Gasteiger partial charge in [0.15, 0.2) is 0 Å². The predicted octanol–water partition coefficient (Wildman–Crippen LogP) is 4.64. The van der Waals surface area contributed by atoms with E-state index in [1.807, 2.05) is 30.9 Å². The van der Waals surface area contributed by atoms with Crippen molar-refractivity contribution < 1.29 is 23.5 Å². The first-order valence-corrected chi connectivity index (χ1v) is 14.3. The van der Waals surface area contributed by atoms with E-state index in [0.29, 0.717) is 42.4 Å². The van der Waals surface area contributed by atoms with Crippen LogP contribution in [0.25, 0.3) is 0 Å². The third-order valence-electron chi connectivity index (χ3n) is 5.87. The van der Waals surface area contributed by atoms with Gasteiger partial charge in [0.05, 0.1) is 6.61 Å². The Kier molecular flexibility index (Phi) is 9.10. The van der Waals surface area contributed by atoms with Gasteiger partial charge in [-0.25, -0.2) is 14.4 Å². The molecule has 0 unspecified atom stereocenters. The van der Waals surface area contributed by atoms with Gasteiger partial charge in [0, 0.05) is 37.3 Å². The van der Waals surface area contributed by atoms with E-state index in [1.165, 1.54) is 6.07 Å². The number of methoxy groups -OCH3 is 1. The van der Waals surface area contributed by atoms with Crippen molar-refractivity contribution in [3.8, 4) is 0 Å². The zero-order valence-electron chi connectivity index (χ0n) is 20.4. The predicted molar refractivity (Wildman–Crippen MR) is 135 cm³/mol. The van der Waals surface area contributed by atoms with Gasteiger partial charge in [-0.15, -0.1) is 0 Å². The largest absolute Gasteiger partial charge is 0.381 e. The third kappa shape index (κ3) is 7.29. The third-order valence-corrected chi connectivity index (χ3v) is 7.52. The lowest BCUT2D eigenvalue weighted by Gasteiger charge is -2.26. The number of rotatable bonds is 9. The van der Waals surface area contributed by atoms with Gasteiger partial charge in [0.1, 0.15) is 11.9 Å². The molecule has 1 atom stereocenters. The average molecular weight is 491 g/mol. The maximum atomic E-state index is 14.7. The number of anilines is 1. The molecule has 6 nitrogen and oxygen atoms in total. The lowest BCUT2D eigenvalue weighted by Crippen LogP contribution is -2.38. The molecule has 8 heteroatoms. The minimum absolute atomic E-state index is 0.189. The maximum Gasteiger partial charge on any atom is 0.251 e. The molecule has 2 N–H and O–H groups in total. The molecule has 34 heavy (non-hydrogen) atoms. The second-order valence-corrected chi connectivity index (χ2v) is 13.5. The second-order valence-electron chi connectivity index (χ2n) is 9.41. The highest BCUT2D eigenvalue weighted by Gasteiger charge is 2.26. The van der Waals surface area contributed by atoms with Crippen LogP contribution in [0.2, 0.25) is 0 Å². The number of hydrogen-bond acceptors (Lipinski definition) is 4. The van der Waals surface area contributed by atoms with Crippen LogP contribution < -0.4 is 10.6 Å². The molecule has 1 heterocycles. The number of nitrogens with one attached hydrogen (secondary N) is 2. The number of benzene rings is 2. The number of halogens is 1. The molecule has 0 aliphatic carbocycles. The lowest BCUT2D eigenvalue weighted by molar-refractivity contribution is -0.127. The standard InChI is InChI=1S/C26H35FN2O4S/c1-32-17-19-5-7-20(8-6-19)25(29-24(30)15-18-11-13-33-14-12-18)26(31)28-21-9-10-23(22(27)16-21)34(2,3)4/h5-10,16,18,25H,11-15,17H2,1-4H3,(H,28,31)(H,29,30)/t25-/m1/s1. The normalized spacial score (nSPS) is 16.0. The summed E-state index contributed by atoms with van der Waals surface area (Å²) >= 11 is 0. The summed E-state index contributed by atoms with van der Waals surface area (Å²) in [5.41, 5.74) is 1.96. The lowest BCUT2D eigenvalue weighted by atomic mass is 9.95. The van der Waals surface area contributed by atoms with E-state index in [2.05, 4.69) is 10.6 Å². The molecule has 1 aliphatic heterocycles. The van der Waals surface area contributed by atoms with Crippen molar-refractivity contribution >= 4 is 27.5 Å². The molecule has 1 fully saturated rings. The van der Waals surface area contributed by atoms with Crippen LogP contribution in [0.5, 0.6) is 0 Å². The van der Waals surface area contributed by atoms with Gasteiger partial charge in [-0.1, -0.05) is 24.3 Å². The van der Waals surface area contributed by atoms with Crippen molar-refractivity contribution in [2.24, 2.45) is 5.92 Å². The fraction of sp³-hybridized carbons (Fsp3) is 0.462. The van der Waals surface area contributed by atoms with Gasteiger partial charge in [-0.2, -0.15) is 0 Å². The van der Waals surface area contributed by atoms with Crippen LogP contribution in [0, 0.1) is 11.7 Å². The van der Waals surface area contributed by atoms with Crippen LogP contribution in [0.4, 0.5) is 10.1 Å². The number of ether oxygens (including phenoxy) is 2. The molecule has 2 aromatic carbocycles. The van der Waals surface area contributed by atoms with Crippen molar-refractivity contribution in [1.82, 2.24) is 5.32 Å². The van der Waals surface area contributed by atoms with E-state index in [-0.39, 0.29) is 17.6 Å². The Hall–Kier alpha value is -2.42. The highest BCUT2D eigenvalue weighted by atomic mass is 32.3. The zero-order valence-corrected chi connectivity index (χ0v) is 21.2. The van der Waals surface area contributed by atoms with Crippen molar-refractivity contribution in [2.75, 3.05) is 44.4 Å². The smallest absolute Gasteiger partial charge is 0.251 e. The van der Waals surface area contributed by atoms with E-state index in [0.717, 1.165) is 18.4 Å². The number of carbonyl (C=O) groups is 2. The van der Waals surface area contributed by atoms with Crippen LogP contribution in [0.15, 0.2) is 47.4 Å². The first-order chi connectivity index (χ1) is 16.2. The molecule has 0 radical (unpaired) electrons. The van der Waals surface area contributed by atoms with Gasteiger partial charge in [-0.3, -0.25) is 9.59 Å². The molecule has 3 rings (SSSR count). The molecule has 2 amide bonds. The highest BCUT2D eigenvalue weighted by molar-refractivity contribution is 8.32. The fourth-order valence-corrected chi connectivity index (χ4v) is 5.12. The molecule has 0 aromatic heterocycles. The van der Waals surface area contributed by atoms with E-state index >= 15 is 0 Å². The molecular weight excluding hydrogens is 455 g/mol. The molecule has 186 valence electrons. The van der Waals surface area contributed by atoms with Crippen LogP contribution >= 0.6 is 10.0 Å². The van der Waals surface area contributed by atoms with E-state index in [4.69, 9.17) is 9.47 Å². The molecule has 0 spiro atoms. The summed E-state index contributed by atoms with van der Waals surface area (Å²) in [5.74, 6) is -0.714. The summed E-state index contributed by atoms with van der Waals surface area (Å²) in [5, 5.41) is 5.67.